The summed E-state index contributed by atoms with van der Waals surface area (Å²) in [6.07, 6.45) is 5.45. The minimum absolute atomic E-state index is 0.276. The molecule has 3 heterocycles. The van der Waals surface area contributed by atoms with Crippen molar-refractivity contribution < 1.29 is 9.84 Å². The number of rotatable bonds is 12. The topological polar surface area (TPSA) is 113 Å². The molecule has 1 fully saturated rings. The number of nitrogen functional groups attached to an aromatic ring is 1. The van der Waals surface area contributed by atoms with E-state index in [-0.39, 0.29) is 5.95 Å². The molecule has 1 saturated heterocycles. The number of fused-ring (bicyclic) bond motifs is 1. The lowest BCUT2D eigenvalue weighted by Gasteiger charge is -2.46. The molecule has 1 aliphatic rings. The highest BCUT2D eigenvalue weighted by Crippen LogP contribution is 2.29. The van der Waals surface area contributed by atoms with E-state index in [1.165, 1.54) is 18.4 Å². The van der Waals surface area contributed by atoms with Crippen molar-refractivity contribution in [3.63, 3.8) is 0 Å². The number of hydrogen-bond donors (Lipinski definition) is 4. The zero-order valence-corrected chi connectivity index (χ0v) is 20.5. The molecule has 1 aromatic carbocycles. The fourth-order valence-electron chi connectivity index (χ4n) is 4.76. The Labute approximate surface area is 201 Å². The molecule has 2 aromatic heterocycles. The lowest BCUT2D eigenvalue weighted by molar-refractivity contribution is -0.0978. The van der Waals surface area contributed by atoms with Crippen molar-refractivity contribution >= 4 is 22.8 Å². The second-order valence-electron chi connectivity index (χ2n) is 9.29. The van der Waals surface area contributed by atoms with Gasteiger partial charge in [0.05, 0.1) is 19.2 Å². The Morgan fingerprint density at radius 3 is 2.74 bits per heavy atom. The van der Waals surface area contributed by atoms with Crippen LogP contribution in [0.1, 0.15) is 37.3 Å². The Bertz CT molecular complexity index is 1110. The van der Waals surface area contributed by atoms with Crippen molar-refractivity contribution in [1.82, 2.24) is 24.8 Å². The van der Waals surface area contributed by atoms with Crippen molar-refractivity contribution in [2.75, 3.05) is 51.4 Å². The van der Waals surface area contributed by atoms with Crippen LogP contribution in [0.2, 0.25) is 0 Å². The van der Waals surface area contributed by atoms with Gasteiger partial charge in [-0.2, -0.15) is 4.98 Å². The van der Waals surface area contributed by atoms with Crippen LogP contribution in [-0.4, -0.2) is 70.5 Å². The molecular weight excluding hydrogens is 430 g/mol. The maximum atomic E-state index is 10.4. The van der Waals surface area contributed by atoms with E-state index >= 15 is 0 Å². The van der Waals surface area contributed by atoms with Crippen molar-refractivity contribution in [1.29, 1.82) is 0 Å². The van der Waals surface area contributed by atoms with E-state index in [1.807, 2.05) is 19.3 Å². The van der Waals surface area contributed by atoms with E-state index in [4.69, 9.17) is 10.5 Å². The minimum Gasteiger partial charge on any atom is -0.496 e. The van der Waals surface area contributed by atoms with Crippen LogP contribution in [0.25, 0.3) is 11.0 Å². The molecule has 0 atom stereocenters. The van der Waals surface area contributed by atoms with Gasteiger partial charge in [0.2, 0.25) is 5.95 Å². The molecule has 9 heteroatoms. The van der Waals surface area contributed by atoms with E-state index in [2.05, 4.69) is 55.2 Å². The molecule has 0 amide bonds. The fourth-order valence-corrected chi connectivity index (χ4v) is 4.76. The van der Waals surface area contributed by atoms with Gasteiger partial charge in [0.1, 0.15) is 16.9 Å². The van der Waals surface area contributed by atoms with Gasteiger partial charge in [0.15, 0.2) is 5.82 Å². The number of β-amino-alcohol motifs (C(OH)–C–C–N with tert-alkyl or cyclic N) is 1. The molecule has 34 heavy (non-hydrogen) atoms. The number of anilines is 2. The zero-order chi connectivity index (χ0) is 24.1. The van der Waals surface area contributed by atoms with E-state index in [0.717, 1.165) is 47.7 Å². The molecular formula is C25H37N7O2. The minimum atomic E-state index is -0.623. The van der Waals surface area contributed by atoms with Gasteiger partial charge in [-0.15, -0.1) is 0 Å². The summed E-state index contributed by atoms with van der Waals surface area (Å²) in [4.78, 5) is 11.1. The normalized spacial score (nSPS) is 15.4. The Hall–Kier alpha value is -2.88. The van der Waals surface area contributed by atoms with Crippen LogP contribution in [0.15, 0.2) is 30.5 Å². The van der Waals surface area contributed by atoms with E-state index in [9.17, 15) is 5.11 Å². The maximum absolute atomic E-state index is 10.4. The Kier molecular flexibility index (Phi) is 7.55. The largest absolute Gasteiger partial charge is 0.496 e. The highest BCUT2D eigenvalue weighted by Gasteiger charge is 2.40. The van der Waals surface area contributed by atoms with Crippen LogP contribution in [0.3, 0.4) is 0 Å². The highest BCUT2D eigenvalue weighted by atomic mass is 16.5. The monoisotopic (exact) mass is 467 g/mol. The lowest BCUT2D eigenvalue weighted by Crippen LogP contribution is -2.65. The molecule has 5 N–H and O–H groups in total. The SMILES string of the molecule is CCCCCNc1nc(N)nc2ccn(Cc3ccc(CN4CC(O)(CNC)C4)cc3OC)c12. The average Bonchev–Trinajstić information content (AvgIpc) is 3.19. The molecule has 0 saturated carbocycles. The predicted molar refractivity (Wildman–Crippen MR) is 136 cm³/mol. The first kappa shape index (κ1) is 24.3. The first-order chi connectivity index (χ1) is 16.4. The third kappa shape index (κ3) is 5.43. The van der Waals surface area contributed by atoms with Crippen molar-refractivity contribution in [3.8, 4) is 5.75 Å². The molecule has 1 aliphatic heterocycles. The summed E-state index contributed by atoms with van der Waals surface area (Å²) in [5.74, 6) is 1.89. The van der Waals surface area contributed by atoms with Crippen LogP contribution in [0.4, 0.5) is 11.8 Å². The lowest BCUT2D eigenvalue weighted by atomic mass is 9.93. The van der Waals surface area contributed by atoms with Crippen LogP contribution in [0.5, 0.6) is 5.75 Å². The fraction of sp³-hybridized carbons (Fsp3) is 0.520. The molecule has 0 unspecified atom stereocenters. The first-order valence-corrected chi connectivity index (χ1v) is 12.1. The first-order valence-electron chi connectivity index (χ1n) is 12.1. The molecule has 9 nitrogen and oxygen atoms in total. The highest BCUT2D eigenvalue weighted by molar-refractivity contribution is 5.87. The second-order valence-corrected chi connectivity index (χ2v) is 9.29. The van der Waals surface area contributed by atoms with Gasteiger partial charge in [0.25, 0.3) is 0 Å². The third-order valence-corrected chi connectivity index (χ3v) is 6.34. The molecule has 184 valence electrons. The number of nitrogens with zero attached hydrogens (tertiary/aromatic N) is 4. The Balaban J connectivity index is 1.50. The summed E-state index contributed by atoms with van der Waals surface area (Å²) in [5, 5.41) is 16.9. The van der Waals surface area contributed by atoms with E-state index in [0.29, 0.717) is 26.2 Å². The van der Waals surface area contributed by atoms with Gasteiger partial charge in [-0.25, -0.2) is 4.98 Å². The standard InChI is InChI=1S/C25H37N7O2/c1-4-5-6-10-28-23-22-20(29-24(26)30-23)9-11-32(22)14-19-8-7-18(12-21(19)34-3)13-31-16-25(33,17-31)15-27-2/h7-9,11-12,27,33H,4-6,10,13-17H2,1-3H3,(H3,26,28,29,30). The number of hydrogen-bond acceptors (Lipinski definition) is 8. The Morgan fingerprint density at radius 1 is 1.18 bits per heavy atom. The molecule has 0 aliphatic carbocycles. The zero-order valence-electron chi connectivity index (χ0n) is 20.5. The summed E-state index contributed by atoms with van der Waals surface area (Å²) in [7, 11) is 3.57. The molecule has 4 rings (SSSR count). The average molecular weight is 468 g/mol. The summed E-state index contributed by atoms with van der Waals surface area (Å²) in [6, 6.07) is 8.32. The molecule has 3 aromatic rings. The summed E-state index contributed by atoms with van der Waals surface area (Å²) in [6.45, 7) is 6.42. The number of likely N-dealkylation sites (N-methyl/N-ethyl adjacent to an activating group) is 1. The molecule has 0 spiro atoms. The summed E-state index contributed by atoms with van der Waals surface area (Å²) in [5.41, 5.74) is 9.35. The number of nitrogens with one attached hydrogen (secondary N) is 2. The van der Waals surface area contributed by atoms with Crippen LogP contribution in [0, 0.1) is 0 Å². The van der Waals surface area contributed by atoms with Crippen LogP contribution < -0.4 is 21.1 Å². The van der Waals surface area contributed by atoms with Crippen LogP contribution in [-0.2, 0) is 13.1 Å². The third-order valence-electron chi connectivity index (χ3n) is 6.34. The number of aromatic nitrogens is 3. The van der Waals surface area contributed by atoms with Crippen molar-refractivity contribution in [3.05, 3.63) is 41.6 Å². The van der Waals surface area contributed by atoms with E-state index in [1.54, 1.807) is 7.11 Å². The summed E-state index contributed by atoms with van der Waals surface area (Å²) >= 11 is 0. The van der Waals surface area contributed by atoms with E-state index < -0.39 is 5.60 Å². The number of ether oxygens (including phenoxy) is 1. The number of methoxy groups -OCH3 is 1. The van der Waals surface area contributed by atoms with Gasteiger partial charge in [-0.3, -0.25) is 4.90 Å². The van der Waals surface area contributed by atoms with Crippen LogP contribution >= 0.6 is 0 Å². The summed E-state index contributed by atoms with van der Waals surface area (Å²) < 4.78 is 7.88. The van der Waals surface area contributed by atoms with Crippen molar-refractivity contribution in [2.45, 2.75) is 44.9 Å². The number of nitrogens with two attached hydrogens (primary N) is 1. The smallest absolute Gasteiger partial charge is 0.222 e. The second kappa shape index (κ2) is 10.6. The molecule has 0 bridgehead atoms. The van der Waals surface area contributed by atoms with Gasteiger partial charge in [0, 0.05) is 44.5 Å². The number of unbranched alkanes of at least 4 members (excludes halogenated alkanes) is 2. The van der Waals surface area contributed by atoms with Gasteiger partial charge >= 0.3 is 0 Å². The van der Waals surface area contributed by atoms with Gasteiger partial charge in [-0.05, 0) is 31.2 Å². The number of aliphatic hydroxyl groups is 1. The predicted octanol–water partition coefficient (Wildman–Crippen LogP) is 2.44. The Morgan fingerprint density at radius 2 is 2.00 bits per heavy atom. The maximum Gasteiger partial charge on any atom is 0.222 e. The van der Waals surface area contributed by atoms with Crippen molar-refractivity contribution in [2.24, 2.45) is 0 Å². The molecule has 0 radical (unpaired) electrons. The number of benzene rings is 1. The number of likely N-dealkylation sites (tertiary alicyclic amines) is 1. The quantitative estimate of drug-likeness (QED) is 0.301. The van der Waals surface area contributed by atoms with Gasteiger partial charge in [-0.1, -0.05) is 31.9 Å². The van der Waals surface area contributed by atoms with Gasteiger partial charge < -0.3 is 30.8 Å².